The second-order valence-corrected chi connectivity index (χ2v) is 3.64. The van der Waals surface area contributed by atoms with E-state index in [1.807, 2.05) is 12.1 Å². The molecular weight excluding hydrogens is 170 g/mol. The third-order valence-electron chi connectivity index (χ3n) is 1.49. The SMILES string of the molecule is CO[SiH2]OCCc1ccncc1. The molecule has 0 aliphatic rings. The molecular formula is C8H13NO2Si. The molecule has 0 aromatic carbocycles. The predicted octanol–water partition coefficient (Wildman–Crippen LogP) is 0.286. The van der Waals surface area contributed by atoms with Gasteiger partial charge in [-0.3, -0.25) is 4.98 Å². The van der Waals surface area contributed by atoms with E-state index in [1.165, 1.54) is 5.56 Å². The zero-order valence-electron chi connectivity index (χ0n) is 7.19. The first kappa shape index (κ1) is 9.38. The van der Waals surface area contributed by atoms with Crippen LogP contribution in [0.15, 0.2) is 24.5 Å². The molecule has 0 radical (unpaired) electrons. The molecule has 0 fully saturated rings. The molecule has 1 rings (SSSR count). The fourth-order valence-electron chi connectivity index (χ4n) is 0.882. The van der Waals surface area contributed by atoms with E-state index < -0.39 is 10.0 Å². The van der Waals surface area contributed by atoms with Crippen molar-refractivity contribution in [3.8, 4) is 0 Å². The van der Waals surface area contributed by atoms with Crippen molar-refractivity contribution in [3.05, 3.63) is 30.1 Å². The molecule has 0 aliphatic heterocycles. The Morgan fingerprint density at radius 1 is 1.42 bits per heavy atom. The summed E-state index contributed by atoms with van der Waals surface area (Å²) in [4.78, 5) is 3.93. The van der Waals surface area contributed by atoms with Crippen molar-refractivity contribution in [1.29, 1.82) is 0 Å². The van der Waals surface area contributed by atoms with Crippen LogP contribution in [0.3, 0.4) is 0 Å². The van der Waals surface area contributed by atoms with Crippen molar-refractivity contribution in [1.82, 2.24) is 4.98 Å². The number of rotatable bonds is 5. The number of hydrogen-bond acceptors (Lipinski definition) is 3. The Hall–Kier alpha value is -0.713. The largest absolute Gasteiger partial charge is 0.402 e. The van der Waals surface area contributed by atoms with Crippen molar-refractivity contribution >= 4 is 10.0 Å². The Balaban J connectivity index is 2.16. The van der Waals surface area contributed by atoms with E-state index >= 15 is 0 Å². The van der Waals surface area contributed by atoms with Gasteiger partial charge in [-0.2, -0.15) is 0 Å². The molecule has 4 heteroatoms. The number of nitrogens with zero attached hydrogens (tertiary/aromatic N) is 1. The molecule has 0 unspecified atom stereocenters. The van der Waals surface area contributed by atoms with E-state index in [1.54, 1.807) is 19.5 Å². The van der Waals surface area contributed by atoms with Crippen molar-refractivity contribution < 1.29 is 8.85 Å². The molecule has 66 valence electrons. The maximum absolute atomic E-state index is 5.28. The lowest BCUT2D eigenvalue weighted by Gasteiger charge is -2.01. The summed E-state index contributed by atoms with van der Waals surface area (Å²) in [6.45, 7) is 0.754. The monoisotopic (exact) mass is 183 g/mol. The minimum Gasteiger partial charge on any atom is -0.402 e. The van der Waals surface area contributed by atoms with Gasteiger partial charge in [0.05, 0.1) is 0 Å². The van der Waals surface area contributed by atoms with Gasteiger partial charge in [-0.25, -0.2) is 0 Å². The van der Waals surface area contributed by atoms with Gasteiger partial charge in [0.15, 0.2) is 0 Å². The molecule has 0 spiro atoms. The van der Waals surface area contributed by atoms with Gasteiger partial charge >= 0.3 is 10.0 Å². The summed E-state index contributed by atoms with van der Waals surface area (Å²) in [5.41, 5.74) is 1.26. The van der Waals surface area contributed by atoms with Crippen LogP contribution in [0.4, 0.5) is 0 Å². The maximum atomic E-state index is 5.28. The molecule has 1 aromatic heterocycles. The van der Waals surface area contributed by atoms with Crippen molar-refractivity contribution in [2.45, 2.75) is 6.42 Å². The van der Waals surface area contributed by atoms with E-state index in [0.717, 1.165) is 13.0 Å². The standard InChI is InChI=1S/C8H13NO2Si/c1-10-12-11-7-4-8-2-5-9-6-3-8/h2-3,5-6H,4,7,12H2,1H3. The van der Waals surface area contributed by atoms with Crippen LogP contribution in [0.5, 0.6) is 0 Å². The van der Waals surface area contributed by atoms with Crippen LogP contribution in [0, 0.1) is 0 Å². The summed E-state index contributed by atoms with van der Waals surface area (Å²) in [6, 6.07) is 4.00. The first-order chi connectivity index (χ1) is 5.93. The zero-order chi connectivity index (χ0) is 8.65. The van der Waals surface area contributed by atoms with Gasteiger partial charge in [0, 0.05) is 26.1 Å². The Bertz CT molecular complexity index is 205. The lowest BCUT2D eigenvalue weighted by atomic mass is 10.2. The average Bonchev–Trinajstić information content (AvgIpc) is 2.14. The third-order valence-corrected chi connectivity index (χ3v) is 2.18. The van der Waals surface area contributed by atoms with Crippen LogP contribution in [-0.2, 0) is 15.3 Å². The molecule has 0 saturated carbocycles. The molecule has 0 bridgehead atoms. The Kier molecular flexibility index (Phi) is 4.59. The highest BCUT2D eigenvalue weighted by atomic mass is 28.3. The molecule has 3 nitrogen and oxygen atoms in total. The molecule has 0 N–H and O–H groups in total. The molecule has 0 aliphatic carbocycles. The lowest BCUT2D eigenvalue weighted by Crippen LogP contribution is -2.04. The van der Waals surface area contributed by atoms with E-state index in [0.29, 0.717) is 0 Å². The lowest BCUT2D eigenvalue weighted by molar-refractivity contribution is 0.258. The highest BCUT2D eigenvalue weighted by molar-refractivity contribution is 6.17. The number of hydrogen-bond donors (Lipinski definition) is 0. The molecule has 1 heterocycles. The summed E-state index contributed by atoms with van der Waals surface area (Å²) < 4.78 is 10.2. The fourth-order valence-corrected chi connectivity index (χ4v) is 1.31. The van der Waals surface area contributed by atoms with E-state index in [9.17, 15) is 0 Å². The summed E-state index contributed by atoms with van der Waals surface area (Å²) >= 11 is 0. The molecule has 0 amide bonds. The van der Waals surface area contributed by atoms with E-state index in [-0.39, 0.29) is 0 Å². The van der Waals surface area contributed by atoms with Gasteiger partial charge < -0.3 is 8.85 Å². The average molecular weight is 183 g/mol. The minimum absolute atomic E-state index is 0.710. The van der Waals surface area contributed by atoms with Crippen LogP contribution < -0.4 is 0 Å². The predicted molar refractivity (Wildman–Crippen MR) is 49.4 cm³/mol. The Morgan fingerprint density at radius 2 is 2.17 bits per heavy atom. The third kappa shape index (κ3) is 3.61. The van der Waals surface area contributed by atoms with Crippen molar-refractivity contribution in [2.24, 2.45) is 0 Å². The van der Waals surface area contributed by atoms with Gasteiger partial charge in [0.25, 0.3) is 0 Å². The summed E-state index contributed by atoms with van der Waals surface area (Å²) in [5, 5.41) is 0. The van der Waals surface area contributed by atoms with Crippen LogP contribution in [-0.4, -0.2) is 28.7 Å². The second kappa shape index (κ2) is 5.88. The minimum atomic E-state index is -0.710. The van der Waals surface area contributed by atoms with Crippen molar-refractivity contribution in [2.75, 3.05) is 13.7 Å². The van der Waals surface area contributed by atoms with Crippen molar-refractivity contribution in [3.63, 3.8) is 0 Å². The summed E-state index contributed by atoms with van der Waals surface area (Å²) in [7, 11) is 0.969. The fraction of sp³-hybridized carbons (Fsp3) is 0.375. The summed E-state index contributed by atoms with van der Waals surface area (Å²) in [6.07, 6.45) is 4.53. The van der Waals surface area contributed by atoms with Gasteiger partial charge in [-0.15, -0.1) is 0 Å². The maximum Gasteiger partial charge on any atom is 0.304 e. The van der Waals surface area contributed by atoms with Crippen LogP contribution >= 0.6 is 0 Å². The molecule has 1 aromatic rings. The molecule has 0 saturated heterocycles. The van der Waals surface area contributed by atoms with E-state index in [4.69, 9.17) is 8.85 Å². The van der Waals surface area contributed by atoms with Gasteiger partial charge in [0.1, 0.15) is 0 Å². The highest BCUT2D eigenvalue weighted by Crippen LogP contribution is 1.96. The van der Waals surface area contributed by atoms with Crippen LogP contribution in [0.2, 0.25) is 0 Å². The Morgan fingerprint density at radius 3 is 2.83 bits per heavy atom. The molecule has 0 atom stereocenters. The normalized spacial score (nSPS) is 11.1. The van der Waals surface area contributed by atoms with Crippen LogP contribution in [0.1, 0.15) is 5.56 Å². The first-order valence-electron chi connectivity index (χ1n) is 3.89. The zero-order valence-corrected chi connectivity index (χ0v) is 8.61. The van der Waals surface area contributed by atoms with Gasteiger partial charge in [-0.1, -0.05) is 0 Å². The highest BCUT2D eigenvalue weighted by Gasteiger charge is 1.91. The van der Waals surface area contributed by atoms with Crippen LogP contribution in [0.25, 0.3) is 0 Å². The van der Waals surface area contributed by atoms with Gasteiger partial charge in [-0.05, 0) is 24.1 Å². The second-order valence-electron chi connectivity index (χ2n) is 2.42. The first-order valence-corrected chi connectivity index (χ1v) is 5.04. The van der Waals surface area contributed by atoms with E-state index in [2.05, 4.69) is 4.98 Å². The quantitative estimate of drug-likeness (QED) is 0.485. The topological polar surface area (TPSA) is 31.4 Å². The number of aromatic nitrogens is 1. The Labute approximate surface area is 74.8 Å². The smallest absolute Gasteiger partial charge is 0.304 e. The molecule has 12 heavy (non-hydrogen) atoms. The summed E-state index contributed by atoms with van der Waals surface area (Å²) in [5.74, 6) is 0. The van der Waals surface area contributed by atoms with Gasteiger partial charge in [0.2, 0.25) is 0 Å². The number of pyridine rings is 1.